The number of aliphatic hydroxyl groups is 1. The van der Waals surface area contributed by atoms with Crippen LogP contribution in [0.5, 0.6) is 17.2 Å². The number of hydrogen-bond acceptors (Lipinski definition) is 7. The van der Waals surface area contributed by atoms with Crippen LogP contribution in [0.25, 0.3) is 5.76 Å². The molecule has 1 saturated heterocycles. The van der Waals surface area contributed by atoms with Gasteiger partial charge in [-0.1, -0.05) is 42.5 Å². The zero-order chi connectivity index (χ0) is 28.9. The minimum Gasteiger partial charge on any atom is -0.507 e. The average Bonchev–Trinajstić information content (AvgIpc) is 3.25. The first-order valence-electron chi connectivity index (χ1n) is 13.1. The van der Waals surface area contributed by atoms with E-state index in [0.29, 0.717) is 35.0 Å². The highest BCUT2D eigenvalue weighted by atomic mass is 16.5. The second kappa shape index (κ2) is 12.0. The fraction of sp³-hybridized carbons (Fsp3) is 0.182. The van der Waals surface area contributed by atoms with Crippen LogP contribution in [-0.4, -0.2) is 40.9 Å². The number of aliphatic hydroxyl groups excluding tert-OH is 1. The zero-order valence-electron chi connectivity index (χ0n) is 23.0. The molecule has 41 heavy (non-hydrogen) atoms. The van der Waals surface area contributed by atoms with Crippen molar-refractivity contribution in [3.8, 4) is 17.2 Å². The average molecular weight is 551 g/mol. The first-order chi connectivity index (χ1) is 19.9. The van der Waals surface area contributed by atoms with Gasteiger partial charge in [-0.2, -0.15) is 0 Å². The molecule has 1 amide bonds. The third-order valence-electron chi connectivity index (χ3n) is 7.02. The number of ether oxygens (including phenoxy) is 3. The second-order valence-corrected chi connectivity index (χ2v) is 9.66. The van der Waals surface area contributed by atoms with E-state index >= 15 is 0 Å². The number of carbonyl (C=O) groups excluding carboxylic acids is 2. The maximum absolute atomic E-state index is 13.5. The number of rotatable bonds is 9. The number of carbonyl (C=O) groups is 2. The molecule has 208 valence electrons. The van der Waals surface area contributed by atoms with E-state index in [2.05, 4.69) is 4.98 Å². The number of likely N-dealkylation sites (tertiary alicyclic amines) is 1. The topological polar surface area (TPSA) is 98.2 Å². The first-order valence-corrected chi connectivity index (χ1v) is 13.1. The molecule has 5 rings (SSSR count). The molecule has 8 heteroatoms. The van der Waals surface area contributed by atoms with Crippen LogP contribution in [0.1, 0.15) is 33.9 Å². The predicted octanol–water partition coefficient (Wildman–Crippen LogP) is 5.61. The largest absolute Gasteiger partial charge is 0.507 e. The molecule has 0 unspecified atom stereocenters. The third kappa shape index (κ3) is 5.63. The molecular formula is C33H30N2O6. The molecule has 1 aliphatic heterocycles. The van der Waals surface area contributed by atoms with Crippen LogP contribution >= 0.6 is 0 Å². The van der Waals surface area contributed by atoms with E-state index in [9.17, 15) is 14.7 Å². The highest BCUT2D eigenvalue weighted by molar-refractivity contribution is 6.46. The SMILES string of the molecule is COc1ccc([C@@H]2/C(=C(\O)c3ccc(OCc4ccccc4)c(C)c3)C(=O)C(=O)N2Cc2cccnc2)cc1OC. The second-order valence-electron chi connectivity index (χ2n) is 9.66. The monoisotopic (exact) mass is 550 g/mol. The Balaban J connectivity index is 1.55. The van der Waals surface area contributed by atoms with Gasteiger partial charge in [-0.3, -0.25) is 14.6 Å². The molecule has 1 N–H and O–H groups in total. The van der Waals surface area contributed by atoms with Crippen LogP contribution in [0.2, 0.25) is 0 Å². The number of benzene rings is 3. The van der Waals surface area contributed by atoms with Gasteiger partial charge in [0.1, 0.15) is 18.1 Å². The summed E-state index contributed by atoms with van der Waals surface area (Å²) in [5.74, 6) is -0.161. The summed E-state index contributed by atoms with van der Waals surface area (Å²) in [6.07, 6.45) is 3.28. The lowest BCUT2D eigenvalue weighted by Crippen LogP contribution is -2.29. The van der Waals surface area contributed by atoms with Crippen LogP contribution in [0.4, 0.5) is 0 Å². The summed E-state index contributed by atoms with van der Waals surface area (Å²) >= 11 is 0. The highest BCUT2D eigenvalue weighted by Gasteiger charge is 2.46. The minimum absolute atomic E-state index is 0.0107. The number of aryl methyl sites for hydroxylation is 1. The standard InChI is InChI=1S/C33H30N2O6/c1-21-16-25(12-13-26(21)41-20-22-8-5-4-6-9-22)31(36)29-30(24-11-14-27(39-2)28(17-24)40-3)35(33(38)32(29)37)19-23-10-7-15-34-18-23/h4-18,30,36H,19-20H2,1-3H3/b31-29+/t30-/m1/s1. The summed E-state index contributed by atoms with van der Waals surface area (Å²) in [5, 5.41) is 11.5. The maximum atomic E-state index is 13.5. The maximum Gasteiger partial charge on any atom is 0.295 e. The van der Waals surface area contributed by atoms with Crippen molar-refractivity contribution in [2.45, 2.75) is 26.1 Å². The van der Waals surface area contributed by atoms with Gasteiger partial charge in [-0.15, -0.1) is 0 Å². The number of Topliss-reactive ketones (excluding diaryl/α,β-unsaturated/α-hetero) is 1. The van der Waals surface area contributed by atoms with Crippen molar-refractivity contribution in [3.63, 3.8) is 0 Å². The third-order valence-corrected chi connectivity index (χ3v) is 7.02. The molecule has 8 nitrogen and oxygen atoms in total. The molecule has 2 heterocycles. The molecule has 1 aromatic heterocycles. The van der Waals surface area contributed by atoms with Crippen LogP contribution < -0.4 is 14.2 Å². The minimum atomic E-state index is -0.871. The molecule has 0 saturated carbocycles. The number of amides is 1. The number of hydrogen-bond donors (Lipinski definition) is 1. The van der Waals surface area contributed by atoms with Crippen molar-refractivity contribution >= 4 is 17.4 Å². The summed E-state index contributed by atoms with van der Waals surface area (Å²) in [6, 6.07) is 22.9. The summed E-state index contributed by atoms with van der Waals surface area (Å²) in [7, 11) is 3.04. The quantitative estimate of drug-likeness (QED) is 0.164. The van der Waals surface area contributed by atoms with Gasteiger partial charge in [0.2, 0.25) is 0 Å². The molecule has 1 aliphatic rings. The molecule has 1 fully saturated rings. The smallest absolute Gasteiger partial charge is 0.295 e. The molecule has 3 aromatic carbocycles. The van der Waals surface area contributed by atoms with E-state index in [0.717, 1.165) is 16.7 Å². The van der Waals surface area contributed by atoms with Crippen molar-refractivity contribution in [2.75, 3.05) is 14.2 Å². The van der Waals surface area contributed by atoms with E-state index in [1.165, 1.54) is 19.1 Å². The van der Waals surface area contributed by atoms with Gasteiger partial charge in [0.25, 0.3) is 11.7 Å². The molecule has 0 spiro atoms. The van der Waals surface area contributed by atoms with Crippen LogP contribution in [-0.2, 0) is 22.7 Å². The highest BCUT2D eigenvalue weighted by Crippen LogP contribution is 2.43. The van der Waals surface area contributed by atoms with Crippen molar-refractivity contribution in [1.82, 2.24) is 9.88 Å². The summed E-state index contributed by atoms with van der Waals surface area (Å²) in [4.78, 5) is 32.5. The Morgan fingerprint density at radius 2 is 1.61 bits per heavy atom. The van der Waals surface area contributed by atoms with Gasteiger partial charge < -0.3 is 24.2 Å². The van der Waals surface area contributed by atoms with Crippen LogP contribution in [0, 0.1) is 6.92 Å². The first kappa shape index (κ1) is 27.5. The Bertz CT molecular complexity index is 1600. The van der Waals surface area contributed by atoms with Gasteiger partial charge >= 0.3 is 0 Å². The Kier molecular flexibility index (Phi) is 8.01. The normalized spacial score (nSPS) is 16.1. The van der Waals surface area contributed by atoms with Gasteiger partial charge in [0.05, 0.1) is 25.8 Å². The van der Waals surface area contributed by atoms with Crippen LogP contribution in [0.3, 0.4) is 0 Å². The van der Waals surface area contributed by atoms with E-state index in [-0.39, 0.29) is 17.9 Å². The van der Waals surface area contributed by atoms with Crippen molar-refractivity contribution in [3.05, 3.63) is 125 Å². The van der Waals surface area contributed by atoms with Crippen molar-refractivity contribution < 1.29 is 28.9 Å². The Morgan fingerprint density at radius 1 is 0.878 bits per heavy atom. The molecule has 0 radical (unpaired) electrons. The van der Waals surface area contributed by atoms with Crippen molar-refractivity contribution in [2.24, 2.45) is 0 Å². The molecular weight excluding hydrogens is 520 g/mol. The van der Waals surface area contributed by atoms with Crippen molar-refractivity contribution in [1.29, 1.82) is 0 Å². The fourth-order valence-electron chi connectivity index (χ4n) is 4.95. The fourth-order valence-corrected chi connectivity index (χ4v) is 4.95. The molecule has 0 bridgehead atoms. The van der Waals surface area contributed by atoms with E-state index in [1.54, 1.807) is 54.9 Å². The lowest BCUT2D eigenvalue weighted by Gasteiger charge is -2.26. The lowest BCUT2D eigenvalue weighted by atomic mass is 9.94. The van der Waals surface area contributed by atoms with Gasteiger partial charge in [-0.25, -0.2) is 0 Å². The lowest BCUT2D eigenvalue weighted by molar-refractivity contribution is -0.140. The van der Waals surface area contributed by atoms with Crippen LogP contribution in [0.15, 0.2) is 96.8 Å². The predicted molar refractivity (Wildman–Crippen MR) is 154 cm³/mol. The Morgan fingerprint density at radius 3 is 2.29 bits per heavy atom. The van der Waals surface area contributed by atoms with Gasteiger partial charge in [-0.05, 0) is 65.6 Å². The number of pyridine rings is 1. The molecule has 4 aromatic rings. The molecule has 1 atom stereocenters. The Hall–Kier alpha value is -5.11. The summed E-state index contributed by atoms with van der Waals surface area (Å²) in [5.41, 5.74) is 3.53. The zero-order valence-corrected chi connectivity index (χ0v) is 23.0. The van der Waals surface area contributed by atoms with Gasteiger partial charge in [0, 0.05) is 24.5 Å². The number of ketones is 1. The number of aromatic nitrogens is 1. The number of nitrogens with zero attached hydrogens (tertiary/aromatic N) is 2. The van der Waals surface area contributed by atoms with Gasteiger partial charge in [0.15, 0.2) is 11.5 Å². The van der Waals surface area contributed by atoms with E-state index in [4.69, 9.17) is 14.2 Å². The summed E-state index contributed by atoms with van der Waals surface area (Å²) < 4.78 is 16.9. The molecule has 0 aliphatic carbocycles. The van der Waals surface area contributed by atoms with E-state index in [1.807, 2.05) is 43.3 Å². The van der Waals surface area contributed by atoms with E-state index < -0.39 is 17.7 Å². The summed E-state index contributed by atoms with van der Waals surface area (Å²) in [6.45, 7) is 2.38. The number of methoxy groups -OCH3 is 2. The Labute approximate surface area is 238 Å².